The number of ether oxygens (including phenoxy) is 1. The standard InChI is InChI=1S/C10H21NO2/c1-9(2)8-13-6-5-11-4-3-10(12)7-11/h9-10,12H,3-8H2,1-2H3/t10-/m0/s1. The highest BCUT2D eigenvalue weighted by Gasteiger charge is 2.19. The zero-order chi connectivity index (χ0) is 9.68. The molecule has 0 aromatic heterocycles. The summed E-state index contributed by atoms with van der Waals surface area (Å²) in [6, 6.07) is 0. The molecule has 0 aliphatic carbocycles. The Morgan fingerprint density at radius 2 is 2.31 bits per heavy atom. The van der Waals surface area contributed by atoms with E-state index < -0.39 is 0 Å². The molecule has 0 bridgehead atoms. The molecule has 1 aliphatic heterocycles. The van der Waals surface area contributed by atoms with Crippen molar-refractivity contribution in [3.05, 3.63) is 0 Å². The van der Waals surface area contributed by atoms with Gasteiger partial charge in [-0.15, -0.1) is 0 Å². The fraction of sp³-hybridized carbons (Fsp3) is 1.00. The van der Waals surface area contributed by atoms with Crippen molar-refractivity contribution in [2.24, 2.45) is 5.92 Å². The van der Waals surface area contributed by atoms with Crippen molar-refractivity contribution in [1.82, 2.24) is 4.90 Å². The van der Waals surface area contributed by atoms with Gasteiger partial charge in [-0.1, -0.05) is 13.8 Å². The number of nitrogens with zero attached hydrogens (tertiary/aromatic N) is 1. The lowest BCUT2D eigenvalue weighted by Crippen LogP contribution is -2.26. The molecule has 1 saturated heterocycles. The molecular formula is C10H21NO2. The summed E-state index contributed by atoms with van der Waals surface area (Å²) in [5.74, 6) is 0.615. The smallest absolute Gasteiger partial charge is 0.0679 e. The van der Waals surface area contributed by atoms with E-state index in [1.807, 2.05) is 0 Å². The van der Waals surface area contributed by atoms with Gasteiger partial charge in [-0.05, 0) is 12.3 Å². The number of aliphatic hydroxyl groups is 1. The molecule has 1 aliphatic rings. The summed E-state index contributed by atoms with van der Waals surface area (Å²) in [5, 5.41) is 9.26. The van der Waals surface area contributed by atoms with Gasteiger partial charge < -0.3 is 9.84 Å². The third-order valence-corrected chi connectivity index (χ3v) is 2.25. The predicted molar refractivity (Wildman–Crippen MR) is 52.7 cm³/mol. The summed E-state index contributed by atoms with van der Waals surface area (Å²) < 4.78 is 5.47. The molecule has 0 radical (unpaired) electrons. The number of aliphatic hydroxyl groups excluding tert-OH is 1. The monoisotopic (exact) mass is 187 g/mol. The topological polar surface area (TPSA) is 32.7 Å². The second kappa shape index (κ2) is 5.58. The number of hydrogen-bond donors (Lipinski definition) is 1. The molecule has 0 saturated carbocycles. The highest BCUT2D eigenvalue weighted by Crippen LogP contribution is 2.07. The van der Waals surface area contributed by atoms with Crippen molar-refractivity contribution in [3.63, 3.8) is 0 Å². The van der Waals surface area contributed by atoms with E-state index in [1.54, 1.807) is 0 Å². The van der Waals surface area contributed by atoms with Crippen LogP contribution in [0.25, 0.3) is 0 Å². The number of β-amino-alcohol motifs (C(OH)–C–C–N with tert-alkyl or cyclic N) is 1. The molecule has 0 amide bonds. The number of likely N-dealkylation sites (tertiary alicyclic amines) is 1. The average Bonchev–Trinajstić information content (AvgIpc) is 2.45. The SMILES string of the molecule is CC(C)COCCN1CC[C@H](O)C1. The third-order valence-electron chi connectivity index (χ3n) is 2.25. The molecule has 3 heteroatoms. The van der Waals surface area contributed by atoms with Crippen LogP contribution in [0, 0.1) is 5.92 Å². The van der Waals surface area contributed by atoms with E-state index in [9.17, 15) is 5.11 Å². The lowest BCUT2D eigenvalue weighted by Gasteiger charge is -2.15. The van der Waals surface area contributed by atoms with Gasteiger partial charge in [0.15, 0.2) is 0 Å². The van der Waals surface area contributed by atoms with Gasteiger partial charge in [-0.25, -0.2) is 0 Å². The average molecular weight is 187 g/mol. The molecule has 1 N–H and O–H groups in total. The van der Waals surface area contributed by atoms with Gasteiger partial charge in [0.2, 0.25) is 0 Å². The summed E-state index contributed by atoms with van der Waals surface area (Å²) in [7, 11) is 0. The first-order valence-corrected chi connectivity index (χ1v) is 5.16. The summed E-state index contributed by atoms with van der Waals surface area (Å²) in [4.78, 5) is 2.25. The normalized spacial score (nSPS) is 24.5. The van der Waals surface area contributed by atoms with Gasteiger partial charge in [0, 0.05) is 26.2 Å². The molecule has 1 rings (SSSR count). The molecule has 13 heavy (non-hydrogen) atoms. The zero-order valence-corrected chi connectivity index (χ0v) is 8.70. The van der Waals surface area contributed by atoms with Gasteiger partial charge >= 0.3 is 0 Å². The molecule has 1 atom stereocenters. The molecular weight excluding hydrogens is 166 g/mol. The van der Waals surface area contributed by atoms with Crippen molar-refractivity contribution in [3.8, 4) is 0 Å². The van der Waals surface area contributed by atoms with E-state index >= 15 is 0 Å². The molecule has 78 valence electrons. The van der Waals surface area contributed by atoms with Crippen LogP contribution in [0.1, 0.15) is 20.3 Å². The van der Waals surface area contributed by atoms with Gasteiger partial charge in [0.25, 0.3) is 0 Å². The van der Waals surface area contributed by atoms with Crippen molar-refractivity contribution in [2.45, 2.75) is 26.4 Å². The van der Waals surface area contributed by atoms with E-state index in [0.717, 1.165) is 39.3 Å². The Balaban J connectivity index is 1.94. The molecule has 3 nitrogen and oxygen atoms in total. The number of hydrogen-bond acceptors (Lipinski definition) is 3. The Morgan fingerprint density at radius 3 is 2.85 bits per heavy atom. The third kappa shape index (κ3) is 4.60. The number of rotatable bonds is 5. The fourth-order valence-corrected chi connectivity index (χ4v) is 1.53. The predicted octanol–water partition coefficient (Wildman–Crippen LogP) is 0.726. The Morgan fingerprint density at radius 1 is 1.54 bits per heavy atom. The summed E-state index contributed by atoms with van der Waals surface area (Å²) in [6.45, 7) is 8.75. The van der Waals surface area contributed by atoms with Crippen LogP contribution in [0.15, 0.2) is 0 Å². The Bertz CT molecular complexity index is 139. The van der Waals surface area contributed by atoms with Crippen molar-refractivity contribution >= 4 is 0 Å². The Kier molecular flexibility index (Phi) is 4.70. The van der Waals surface area contributed by atoms with Crippen LogP contribution in [0.3, 0.4) is 0 Å². The van der Waals surface area contributed by atoms with Gasteiger partial charge in [-0.3, -0.25) is 4.90 Å². The molecule has 1 fully saturated rings. The minimum absolute atomic E-state index is 0.106. The first-order valence-electron chi connectivity index (χ1n) is 5.16. The van der Waals surface area contributed by atoms with Crippen molar-refractivity contribution in [2.75, 3.05) is 32.8 Å². The highest BCUT2D eigenvalue weighted by atomic mass is 16.5. The molecule has 0 spiro atoms. The van der Waals surface area contributed by atoms with Gasteiger partial charge in [-0.2, -0.15) is 0 Å². The molecule has 0 aromatic rings. The minimum atomic E-state index is -0.106. The van der Waals surface area contributed by atoms with E-state index in [2.05, 4.69) is 18.7 Å². The minimum Gasteiger partial charge on any atom is -0.392 e. The van der Waals surface area contributed by atoms with E-state index in [4.69, 9.17) is 4.74 Å². The lowest BCUT2D eigenvalue weighted by molar-refractivity contribution is 0.0868. The van der Waals surface area contributed by atoms with E-state index in [-0.39, 0.29) is 6.10 Å². The van der Waals surface area contributed by atoms with Crippen LogP contribution in [0.4, 0.5) is 0 Å². The highest BCUT2D eigenvalue weighted by molar-refractivity contribution is 4.73. The Labute approximate surface area is 80.7 Å². The maximum atomic E-state index is 9.26. The maximum Gasteiger partial charge on any atom is 0.0679 e. The van der Waals surface area contributed by atoms with Crippen LogP contribution >= 0.6 is 0 Å². The maximum absolute atomic E-state index is 9.26. The van der Waals surface area contributed by atoms with Crippen LogP contribution in [0.2, 0.25) is 0 Å². The lowest BCUT2D eigenvalue weighted by atomic mass is 10.2. The van der Waals surface area contributed by atoms with Crippen LogP contribution in [0.5, 0.6) is 0 Å². The van der Waals surface area contributed by atoms with Crippen LogP contribution in [-0.2, 0) is 4.74 Å². The molecule has 0 aromatic carbocycles. The van der Waals surface area contributed by atoms with E-state index in [0.29, 0.717) is 5.92 Å². The van der Waals surface area contributed by atoms with Crippen LogP contribution < -0.4 is 0 Å². The summed E-state index contributed by atoms with van der Waals surface area (Å²) in [6.07, 6.45) is 0.814. The first kappa shape index (κ1) is 11.0. The quantitative estimate of drug-likeness (QED) is 0.644. The first-order chi connectivity index (χ1) is 6.18. The van der Waals surface area contributed by atoms with Crippen molar-refractivity contribution < 1.29 is 9.84 Å². The second-order valence-electron chi connectivity index (χ2n) is 4.21. The summed E-state index contributed by atoms with van der Waals surface area (Å²) >= 11 is 0. The summed E-state index contributed by atoms with van der Waals surface area (Å²) in [5.41, 5.74) is 0. The second-order valence-corrected chi connectivity index (χ2v) is 4.21. The van der Waals surface area contributed by atoms with Crippen molar-refractivity contribution in [1.29, 1.82) is 0 Å². The molecule has 1 heterocycles. The zero-order valence-electron chi connectivity index (χ0n) is 8.70. The van der Waals surface area contributed by atoms with Crippen LogP contribution in [-0.4, -0.2) is 49.0 Å². The van der Waals surface area contributed by atoms with Gasteiger partial charge in [0.1, 0.15) is 0 Å². The Hall–Kier alpha value is -0.120. The molecule has 0 unspecified atom stereocenters. The largest absolute Gasteiger partial charge is 0.392 e. The van der Waals surface area contributed by atoms with E-state index in [1.165, 1.54) is 0 Å². The van der Waals surface area contributed by atoms with Gasteiger partial charge in [0.05, 0.1) is 12.7 Å². The fourth-order valence-electron chi connectivity index (χ4n) is 1.53.